The first-order valence-corrected chi connectivity index (χ1v) is 7.18. The molecule has 18 heavy (non-hydrogen) atoms. The molecule has 1 saturated heterocycles. The van der Waals surface area contributed by atoms with Crippen molar-refractivity contribution in [3.8, 4) is 0 Å². The van der Waals surface area contributed by atoms with E-state index in [0.717, 1.165) is 22.9 Å². The highest BCUT2D eigenvalue weighted by molar-refractivity contribution is 9.10. The Balaban J connectivity index is 1.78. The first-order chi connectivity index (χ1) is 8.62. The van der Waals surface area contributed by atoms with Gasteiger partial charge in [-0.05, 0) is 30.5 Å². The fraction of sp³-hybridized carbons (Fsp3) is 0.571. The lowest BCUT2D eigenvalue weighted by atomic mass is 9.77. The van der Waals surface area contributed by atoms with E-state index in [4.69, 9.17) is 9.47 Å². The summed E-state index contributed by atoms with van der Waals surface area (Å²) in [6, 6.07) is 7.91. The minimum Gasteiger partial charge on any atom is -0.385 e. The summed E-state index contributed by atoms with van der Waals surface area (Å²) in [7, 11) is 0. The minimum atomic E-state index is -0.746. The van der Waals surface area contributed by atoms with Crippen LogP contribution in [0, 0.1) is 0 Å². The number of ether oxygens (including phenoxy) is 2. The van der Waals surface area contributed by atoms with Gasteiger partial charge in [-0.1, -0.05) is 28.1 Å². The Morgan fingerprint density at radius 1 is 1.06 bits per heavy atom. The topological polar surface area (TPSA) is 38.7 Å². The van der Waals surface area contributed by atoms with Gasteiger partial charge in [-0.25, -0.2) is 0 Å². The van der Waals surface area contributed by atoms with Gasteiger partial charge < -0.3 is 14.6 Å². The molecular weight excluding hydrogens is 296 g/mol. The van der Waals surface area contributed by atoms with E-state index in [2.05, 4.69) is 15.9 Å². The zero-order valence-electron chi connectivity index (χ0n) is 10.2. The molecule has 1 aliphatic carbocycles. The van der Waals surface area contributed by atoms with Crippen molar-refractivity contribution in [1.29, 1.82) is 0 Å². The summed E-state index contributed by atoms with van der Waals surface area (Å²) in [6.07, 6.45) is 2.89. The van der Waals surface area contributed by atoms with Crippen LogP contribution in [-0.2, 0) is 15.1 Å². The van der Waals surface area contributed by atoms with Gasteiger partial charge in [-0.2, -0.15) is 0 Å². The number of benzene rings is 1. The van der Waals surface area contributed by atoms with E-state index in [0.29, 0.717) is 26.1 Å². The van der Waals surface area contributed by atoms with Crippen LogP contribution in [0.15, 0.2) is 28.7 Å². The molecule has 0 aromatic heterocycles. The predicted molar refractivity (Wildman–Crippen MR) is 71.1 cm³/mol. The Hall–Kier alpha value is -0.420. The van der Waals surface area contributed by atoms with Gasteiger partial charge in [0.25, 0.3) is 0 Å². The van der Waals surface area contributed by atoms with Crippen LogP contribution >= 0.6 is 15.9 Å². The summed E-state index contributed by atoms with van der Waals surface area (Å²) in [5, 5.41) is 10.8. The van der Waals surface area contributed by atoms with E-state index in [1.54, 1.807) is 0 Å². The highest BCUT2D eigenvalue weighted by Crippen LogP contribution is 2.45. The summed E-state index contributed by atoms with van der Waals surface area (Å²) >= 11 is 3.45. The second-order valence-corrected chi connectivity index (χ2v) is 6.07. The van der Waals surface area contributed by atoms with Crippen LogP contribution in [0.1, 0.15) is 31.2 Å². The maximum atomic E-state index is 10.8. The van der Waals surface area contributed by atoms with Gasteiger partial charge in [-0.15, -0.1) is 0 Å². The molecule has 1 spiro atoms. The van der Waals surface area contributed by atoms with Crippen molar-refractivity contribution >= 4 is 15.9 Å². The van der Waals surface area contributed by atoms with E-state index in [9.17, 15) is 5.11 Å². The second-order valence-electron chi connectivity index (χ2n) is 5.15. The van der Waals surface area contributed by atoms with Gasteiger partial charge in [0.05, 0.1) is 18.8 Å². The molecule has 0 amide bonds. The van der Waals surface area contributed by atoms with Crippen LogP contribution in [0.5, 0.6) is 0 Å². The fourth-order valence-corrected chi connectivity index (χ4v) is 3.30. The van der Waals surface area contributed by atoms with E-state index < -0.39 is 11.4 Å². The standard InChI is InChI=1S/C14H17BrO3/c15-12-3-1-2-11(10-12)13(16)4-6-14(7-5-13)17-8-9-18-14/h1-3,10,16H,4-9H2. The molecule has 2 fully saturated rings. The monoisotopic (exact) mass is 312 g/mol. The Morgan fingerprint density at radius 3 is 2.33 bits per heavy atom. The van der Waals surface area contributed by atoms with E-state index in [1.165, 1.54) is 0 Å². The second kappa shape index (κ2) is 4.60. The van der Waals surface area contributed by atoms with Crippen molar-refractivity contribution in [3.05, 3.63) is 34.3 Å². The van der Waals surface area contributed by atoms with E-state index >= 15 is 0 Å². The lowest BCUT2D eigenvalue weighted by Gasteiger charge is -2.40. The number of halogens is 1. The molecule has 0 radical (unpaired) electrons. The molecular formula is C14H17BrO3. The molecule has 1 heterocycles. The van der Waals surface area contributed by atoms with Crippen molar-refractivity contribution in [3.63, 3.8) is 0 Å². The van der Waals surface area contributed by atoms with Crippen molar-refractivity contribution in [2.45, 2.75) is 37.1 Å². The number of aliphatic hydroxyl groups is 1. The quantitative estimate of drug-likeness (QED) is 0.866. The molecule has 0 bridgehead atoms. The van der Waals surface area contributed by atoms with Crippen LogP contribution < -0.4 is 0 Å². The van der Waals surface area contributed by atoms with Gasteiger partial charge in [-0.3, -0.25) is 0 Å². The first-order valence-electron chi connectivity index (χ1n) is 6.38. The van der Waals surface area contributed by atoms with Crippen LogP contribution in [0.4, 0.5) is 0 Å². The van der Waals surface area contributed by atoms with Gasteiger partial charge in [0, 0.05) is 17.3 Å². The molecule has 1 aliphatic heterocycles. The van der Waals surface area contributed by atoms with Crippen LogP contribution in [0.2, 0.25) is 0 Å². The summed E-state index contributed by atoms with van der Waals surface area (Å²) in [4.78, 5) is 0. The Morgan fingerprint density at radius 2 is 1.72 bits per heavy atom. The van der Waals surface area contributed by atoms with Crippen molar-refractivity contribution in [2.24, 2.45) is 0 Å². The van der Waals surface area contributed by atoms with Gasteiger partial charge in [0.2, 0.25) is 0 Å². The summed E-state index contributed by atoms with van der Waals surface area (Å²) in [5.41, 5.74) is 0.231. The lowest BCUT2D eigenvalue weighted by Crippen LogP contribution is -2.42. The van der Waals surface area contributed by atoms with E-state index in [1.807, 2.05) is 24.3 Å². The fourth-order valence-electron chi connectivity index (χ4n) is 2.90. The van der Waals surface area contributed by atoms with Crippen molar-refractivity contribution in [2.75, 3.05) is 13.2 Å². The third-order valence-electron chi connectivity index (χ3n) is 4.01. The van der Waals surface area contributed by atoms with Crippen molar-refractivity contribution in [1.82, 2.24) is 0 Å². The maximum Gasteiger partial charge on any atom is 0.168 e. The molecule has 2 aliphatic rings. The Kier molecular flexibility index (Phi) is 3.22. The molecule has 3 nitrogen and oxygen atoms in total. The molecule has 1 saturated carbocycles. The normalized spacial score (nSPS) is 25.4. The molecule has 0 unspecified atom stereocenters. The molecule has 1 aromatic carbocycles. The average Bonchev–Trinajstić information content (AvgIpc) is 2.83. The average molecular weight is 313 g/mol. The van der Waals surface area contributed by atoms with Gasteiger partial charge >= 0.3 is 0 Å². The Labute approximate surface area is 115 Å². The largest absolute Gasteiger partial charge is 0.385 e. The Bertz CT molecular complexity index is 430. The number of hydrogen-bond donors (Lipinski definition) is 1. The lowest BCUT2D eigenvalue weighted by molar-refractivity contribution is -0.204. The number of rotatable bonds is 1. The molecule has 98 valence electrons. The van der Waals surface area contributed by atoms with E-state index in [-0.39, 0.29) is 0 Å². The van der Waals surface area contributed by atoms with Gasteiger partial charge in [0.15, 0.2) is 5.79 Å². The number of hydrogen-bond acceptors (Lipinski definition) is 3. The highest BCUT2D eigenvalue weighted by Gasteiger charge is 2.46. The smallest absolute Gasteiger partial charge is 0.168 e. The van der Waals surface area contributed by atoms with Crippen LogP contribution in [0.25, 0.3) is 0 Å². The summed E-state index contributed by atoms with van der Waals surface area (Å²) in [5.74, 6) is -0.418. The third-order valence-corrected chi connectivity index (χ3v) is 4.51. The molecule has 1 aromatic rings. The molecule has 0 atom stereocenters. The molecule has 1 N–H and O–H groups in total. The highest BCUT2D eigenvalue weighted by atomic mass is 79.9. The summed E-state index contributed by atoms with van der Waals surface area (Å²) < 4.78 is 12.4. The first kappa shape index (κ1) is 12.6. The van der Waals surface area contributed by atoms with Crippen LogP contribution in [0.3, 0.4) is 0 Å². The SMILES string of the molecule is OC1(c2cccc(Br)c2)CCC2(CC1)OCCO2. The zero-order valence-corrected chi connectivity index (χ0v) is 11.8. The zero-order chi connectivity index (χ0) is 12.6. The maximum absolute atomic E-state index is 10.8. The minimum absolute atomic E-state index is 0.418. The summed E-state index contributed by atoms with van der Waals surface area (Å²) in [6.45, 7) is 1.35. The third kappa shape index (κ3) is 2.23. The molecule has 4 heteroatoms. The predicted octanol–water partition coefficient (Wildman–Crippen LogP) is 2.95. The molecule has 3 rings (SSSR count). The van der Waals surface area contributed by atoms with Gasteiger partial charge in [0.1, 0.15) is 0 Å². The van der Waals surface area contributed by atoms with Crippen LogP contribution in [-0.4, -0.2) is 24.1 Å². The van der Waals surface area contributed by atoms with Crippen molar-refractivity contribution < 1.29 is 14.6 Å².